The Kier molecular flexibility index (Phi) is 5.95. The monoisotopic (exact) mass is 619 g/mol. The van der Waals surface area contributed by atoms with Crippen molar-refractivity contribution in [3.8, 4) is 0 Å². The summed E-state index contributed by atoms with van der Waals surface area (Å²) < 4.78 is 0.780. The number of carbonyl (C=O) groups excluding carboxylic acids is 3. The van der Waals surface area contributed by atoms with E-state index in [0.717, 1.165) is 10.0 Å². The predicted octanol–water partition coefficient (Wildman–Crippen LogP) is 6.21. The van der Waals surface area contributed by atoms with Gasteiger partial charge in [-0.1, -0.05) is 88.7 Å². The highest BCUT2D eigenvalue weighted by Gasteiger charge is 2.70. The van der Waals surface area contributed by atoms with Crippen LogP contribution >= 0.6 is 15.9 Å². The molecule has 4 atom stereocenters. The van der Waals surface area contributed by atoms with Gasteiger partial charge in [0.2, 0.25) is 5.91 Å². The minimum atomic E-state index is -1.45. The number of nitro groups is 1. The van der Waals surface area contributed by atoms with Crippen molar-refractivity contribution in [1.29, 1.82) is 0 Å². The summed E-state index contributed by atoms with van der Waals surface area (Å²) in [5, 5.41) is 14.6. The molecule has 9 heteroatoms. The third-order valence-electron chi connectivity index (χ3n) is 8.56. The molecule has 7 rings (SSSR count). The van der Waals surface area contributed by atoms with Crippen LogP contribution in [0.4, 0.5) is 17.1 Å². The summed E-state index contributed by atoms with van der Waals surface area (Å²) in [6.07, 6.45) is 3.82. The number of halogens is 1. The molecule has 206 valence electrons. The Bertz CT molecular complexity index is 1850. The number of benzene rings is 4. The van der Waals surface area contributed by atoms with Crippen molar-refractivity contribution in [3.05, 3.63) is 140 Å². The van der Waals surface area contributed by atoms with Crippen molar-refractivity contribution >= 4 is 56.5 Å². The van der Waals surface area contributed by atoms with Crippen molar-refractivity contribution in [3.63, 3.8) is 0 Å². The molecular weight excluding hydrogens is 598 g/mol. The molecule has 0 radical (unpaired) electrons. The van der Waals surface area contributed by atoms with E-state index < -0.39 is 34.1 Å². The smallest absolute Gasteiger partial charge is 0.270 e. The Balaban J connectivity index is 1.53. The van der Waals surface area contributed by atoms with Crippen LogP contribution in [0, 0.1) is 16.0 Å². The van der Waals surface area contributed by atoms with E-state index in [-0.39, 0.29) is 22.9 Å². The molecule has 3 heterocycles. The van der Waals surface area contributed by atoms with Crippen LogP contribution in [-0.2, 0) is 10.2 Å². The third kappa shape index (κ3) is 3.63. The minimum absolute atomic E-state index is 0.0948. The van der Waals surface area contributed by atoms with Gasteiger partial charge < -0.3 is 10.2 Å². The first-order valence-corrected chi connectivity index (χ1v) is 14.2. The number of ketones is 2. The van der Waals surface area contributed by atoms with Gasteiger partial charge in [-0.2, -0.15) is 0 Å². The van der Waals surface area contributed by atoms with Gasteiger partial charge in [-0.05, 0) is 35.4 Å². The minimum Gasteiger partial charge on any atom is -0.352 e. The molecule has 3 aliphatic heterocycles. The highest BCUT2D eigenvalue weighted by atomic mass is 79.9. The molecule has 8 nitrogen and oxygen atoms in total. The zero-order chi connectivity index (χ0) is 29.2. The molecule has 1 spiro atoms. The maximum absolute atomic E-state index is 14.7. The number of hydrogen-bond acceptors (Lipinski definition) is 6. The molecule has 42 heavy (non-hydrogen) atoms. The number of nitrogens with zero attached hydrogens (tertiary/aromatic N) is 2. The Morgan fingerprint density at radius 2 is 1.62 bits per heavy atom. The summed E-state index contributed by atoms with van der Waals surface area (Å²) in [4.78, 5) is 56.7. The van der Waals surface area contributed by atoms with Crippen molar-refractivity contribution in [2.24, 2.45) is 5.92 Å². The van der Waals surface area contributed by atoms with Gasteiger partial charge in [0, 0.05) is 39.1 Å². The van der Waals surface area contributed by atoms with Crippen LogP contribution in [-0.4, -0.2) is 34.5 Å². The third-order valence-corrected chi connectivity index (χ3v) is 9.09. The Morgan fingerprint density at radius 3 is 2.40 bits per heavy atom. The van der Waals surface area contributed by atoms with Crippen LogP contribution in [0.1, 0.15) is 31.8 Å². The van der Waals surface area contributed by atoms with Crippen LogP contribution in [0.15, 0.2) is 108 Å². The zero-order valence-electron chi connectivity index (χ0n) is 21.9. The molecule has 0 bridgehead atoms. The van der Waals surface area contributed by atoms with Crippen molar-refractivity contribution < 1.29 is 19.3 Å². The number of carbonyl (C=O) groups is 3. The van der Waals surface area contributed by atoms with Crippen LogP contribution in [0.2, 0.25) is 0 Å². The molecule has 0 saturated carbocycles. The number of anilines is 2. The second kappa shape index (κ2) is 9.60. The first kappa shape index (κ1) is 26.0. The van der Waals surface area contributed by atoms with E-state index in [1.54, 1.807) is 30.3 Å². The average Bonchev–Trinajstić information content (AvgIpc) is 3.49. The number of Topliss-reactive ketones (excluding diaryl/α,β-unsaturated/α-hetero) is 2. The second-order valence-corrected chi connectivity index (χ2v) is 11.5. The van der Waals surface area contributed by atoms with Crippen LogP contribution < -0.4 is 10.2 Å². The lowest BCUT2D eigenvalue weighted by atomic mass is 9.64. The Morgan fingerprint density at radius 1 is 0.881 bits per heavy atom. The average molecular weight is 620 g/mol. The Labute approximate surface area is 248 Å². The number of nitrogens with one attached hydrogen (secondary N) is 1. The van der Waals surface area contributed by atoms with Crippen LogP contribution in [0.25, 0.3) is 6.08 Å². The molecule has 1 N–H and O–H groups in total. The van der Waals surface area contributed by atoms with Gasteiger partial charge in [-0.3, -0.25) is 24.5 Å². The van der Waals surface area contributed by atoms with Gasteiger partial charge in [0.05, 0.1) is 16.9 Å². The summed E-state index contributed by atoms with van der Waals surface area (Å²) in [6.45, 7) is 0. The van der Waals surface area contributed by atoms with E-state index in [1.807, 2.05) is 59.5 Å². The lowest BCUT2D eigenvalue weighted by molar-refractivity contribution is -0.384. The van der Waals surface area contributed by atoms with Crippen molar-refractivity contribution in [1.82, 2.24) is 0 Å². The summed E-state index contributed by atoms with van der Waals surface area (Å²) in [7, 11) is 0. The predicted molar refractivity (Wildman–Crippen MR) is 162 cm³/mol. The van der Waals surface area contributed by atoms with E-state index in [0.29, 0.717) is 22.5 Å². The maximum Gasteiger partial charge on any atom is 0.270 e. The van der Waals surface area contributed by atoms with E-state index in [9.17, 15) is 24.5 Å². The molecule has 1 fully saturated rings. The van der Waals surface area contributed by atoms with E-state index in [4.69, 9.17) is 0 Å². The number of hydrogen-bond donors (Lipinski definition) is 1. The molecule has 0 aromatic heterocycles. The first-order valence-electron chi connectivity index (χ1n) is 13.4. The van der Waals surface area contributed by atoms with Crippen molar-refractivity contribution in [2.75, 3.05) is 10.2 Å². The zero-order valence-corrected chi connectivity index (χ0v) is 23.5. The maximum atomic E-state index is 14.7. The van der Waals surface area contributed by atoms with E-state index >= 15 is 0 Å². The molecular formula is C33H22BrN3O5. The first-order chi connectivity index (χ1) is 20.3. The summed E-state index contributed by atoms with van der Waals surface area (Å²) >= 11 is 3.42. The lowest BCUT2D eigenvalue weighted by Crippen LogP contribution is -2.51. The summed E-state index contributed by atoms with van der Waals surface area (Å²) in [5.41, 5.74) is 1.53. The molecule has 1 amide bonds. The summed E-state index contributed by atoms with van der Waals surface area (Å²) in [6, 6.07) is 25.3. The fraction of sp³-hybridized carbons (Fsp3) is 0.121. The highest BCUT2D eigenvalue weighted by Crippen LogP contribution is 2.58. The number of nitro benzene ring substituents is 1. The topological polar surface area (TPSA) is 110 Å². The van der Waals surface area contributed by atoms with Gasteiger partial charge >= 0.3 is 0 Å². The largest absolute Gasteiger partial charge is 0.352 e. The highest BCUT2D eigenvalue weighted by molar-refractivity contribution is 9.10. The van der Waals surface area contributed by atoms with Gasteiger partial charge in [0.25, 0.3) is 5.69 Å². The van der Waals surface area contributed by atoms with Crippen LogP contribution in [0.3, 0.4) is 0 Å². The Hall–Kier alpha value is -4.89. The quantitative estimate of drug-likeness (QED) is 0.161. The van der Waals surface area contributed by atoms with Gasteiger partial charge in [-0.25, -0.2) is 0 Å². The molecule has 0 aliphatic carbocycles. The molecule has 3 aliphatic rings. The lowest BCUT2D eigenvalue weighted by Gasteiger charge is -2.37. The standard InChI is InChI=1S/C33H22BrN3O5/c34-22-15-12-20(13-16-22)30(38)28-29(31(39)21-7-5-8-23(18-21)37(41)42)36-26-11-4-1-6-19(26)14-17-27(36)33(28)24-9-2-3-10-25(24)35-32(33)40/h1-18,27-29H,(H,35,40)/t27-,28+,29-,33-/m0/s1. The summed E-state index contributed by atoms with van der Waals surface area (Å²) in [5.74, 6) is -2.36. The molecule has 0 unspecified atom stereocenters. The fourth-order valence-electron chi connectivity index (χ4n) is 6.86. The van der Waals surface area contributed by atoms with Gasteiger partial charge in [0.1, 0.15) is 11.5 Å². The van der Waals surface area contributed by atoms with Crippen molar-refractivity contribution in [2.45, 2.75) is 17.5 Å². The number of amides is 1. The van der Waals surface area contributed by atoms with Gasteiger partial charge in [0.15, 0.2) is 11.6 Å². The fourth-order valence-corrected chi connectivity index (χ4v) is 7.12. The van der Waals surface area contributed by atoms with E-state index in [2.05, 4.69) is 21.2 Å². The molecule has 4 aromatic carbocycles. The van der Waals surface area contributed by atoms with Crippen LogP contribution in [0.5, 0.6) is 0 Å². The normalized spacial score (nSPS) is 23.2. The molecule has 4 aromatic rings. The second-order valence-electron chi connectivity index (χ2n) is 10.6. The number of rotatable bonds is 5. The molecule has 1 saturated heterocycles. The SMILES string of the molecule is O=C(c1cccc([N+](=O)[O-])c1)[C@@H]1[C@H](C(=O)c2ccc(Br)cc2)[C@@]2(C(=O)Nc3ccccc32)[C@@H]2C=Cc3ccccc3N12. The van der Waals surface area contributed by atoms with E-state index in [1.165, 1.54) is 24.3 Å². The van der Waals surface area contributed by atoms with Gasteiger partial charge in [-0.15, -0.1) is 0 Å². The number of fused-ring (bicyclic) bond motifs is 6. The number of non-ortho nitro benzene ring substituents is 1. The number of para-hydroxylation sites is 2.